The number of sulfone groups is 1. The summed E-state index contributed by atoms with van der Waals surface area (Å²) in [5.74, 6) is 0.960. The van der Waals surface area contributed by atoms with Crippen molar-refractivity contribution in [1.29, 1.82) is 0 Å². The van der Waals surface area contributed by atoms with E-state index in [0.29, 0.717) is 11.5 Å². The summed E-state index contributed by atoms with van der Waals surface area (Å²) < 4.78 is 23.8. The highest BCUT2D eigenvalue weighted by atomic mass is 35.5. The molecule has 2 aliphatic rings. The Hall–Kier alpha value is -0.580. The lowest BCUT2D eigenvalue weighted by Crippen LogP contribution is -2.44. The number of halogens is 1. The van der Waals surface area contributed by atoms with Gasteiger partial charge in [0.05, 0.1) is 11.5 Å². The van der Waals surface area contributed by atoms with Crippen molar-refractivity contribution >= 4 is 21.4 Å². The van der Waals surface area contributed by atoms with Crippen molar-refractivity contribution in [2.75, 3.05) is 24.6 Å². The molecule has 2 atom stereocenters. The number of nitrogens with one attached hydrogen (secondary N) is 1. The van der Waals surface area contributed by atoms with Gasteiger partial charge in [-0.05, 0) is 42.5 Å². The van der Waals surface area contributed by atoms with E-state index >= 15 is 0 Å². The van der Waals surface area contributed by atoms with Gasteiger partial charge in [-0.25, -0.2) is 8.42 Å². The van der Waals surface area contributed by atoms with Gasteiger partial charge in [-0.15, -0.1) is 0 Å². The summed E-state index contributed by atoms with van der Waals surface area (Å²) in [7, 11) is -2.86. The van der Waals surface area contributed by atoms with Crippen LogP contribution in [0.25, 0.3) is 0 Å². The van der Waals surface area contributed by atoms with Crippen LogP contribution in [0, 0.1) is 5.41 Å². The van der Waals surface area contributed by atoms with Crippen molar-refractivity contribution in [3.05, 3.63) is 34.9 Å². The van der Waals surface area contributed by atoms with E-state index in [-0.39, 0.29) is 11.3 Å². The van der Waals surface area contributed by atoms with Crippen LogP contribution in [-0.4, -0.2) is 33.0 Å². The van der Waals surface area contributed by atoms with Crippen LogP contribution in [-0.2, 0) is 9.84 Å². The number of hydrogen-bond donors (Lipinski definition) is 1. The Bertz CT molecular complexity index is 570. The molecule has 2 unspecified atom stereocenters. The first-order chi connectivity index (χ1) is 9.01. The van der Waals surface area contributed by atoms with E-state index < -0.39 is 9.84 Å². The maximum atomic E-state index is 11.9. The Morgan fingerprint density at radius 3 is 2.58 bits per heavy atom. The molecule has 1 N–H and O–H groups in total. The minimum Gasteiger partial charge on any atom is -0.316 e. The first-order valence-corrected chi connectivity index (χ1v) is 8.87. The van der Waals surface area contributed by atoms with Gasteiger partial charge < -0.3 is 5.32 Å². The van der Waals surface area contributed by atoms with Crippen LogP contribution in [0.3, 0.4) is 0 Å². The van der Waals surface area contributed by atoms with Gasteiger partial charge in [0, 0.05) is 17.5 Å². The van der Waals surface area contributed by atoms with Crippen molar-refractivity contribution in [2.45, 2.75) is 18.8 Å². The Kier molecular flexibility index (Phi) is 3.36. The van der Waals surface area contributed by atoms with E-state index in [2.05, 4.69) is 5.32 Å². The summed E-state index contributed by atoms with van der Waals surface area (Å²) in [5, 5.41) is 4.12. The molecular formula is C14H18ClNO2S. The summed E-state index contributed by atoms with van der Waals surface area (Å²) in [6.45, 7) is 1.77. The lowest BCUT2D eigenvalue weighted by molar-refractivity contribution is 0.196. The van der Waals surface area contributed by atoms with Crippen LogP contribution in [0.15, 0.2) is 24.3 Å². The van der Waals surface area contributed by atoms with Crippen LogP contribution in [0.4, 0.5) is 0 Å². The summed E-state index contributed by atoms with van der Waals surface area (Å²) >= 11 is 5.94. The van der Waals surface area contributed by atoms with Gasteiger partial charge >= 0.3 is 0 Å². The van der Waals surface area contributed by atoms with Crippen molar-refractivity contribution in [3.63, 3.8) is 0 Å². The number of piperidine rings is 1. The molecule has 0 bridgehead atoms. The second-order valence-electron chi connectivity index (χ2n) is 5.76. The zero-order valence-corrected chi connectivity index (χ0v) is 12.3. The van der Waals surface area contributed by atoms with Crippen LogP contribution in [0.1, 0.15) is 24.3 Å². The largest absolute Gasteiger partial charge is 0.316 e. The fourth-order valence-corrected chi connectivity index (χ4v) is 5.91. The fourth-order valence-electron chi connectivity index (χ4n) is 3.55. The Morgan fingerprint density at radius 2 is 1.95 bits per heavy atom. The molecule has 2 fully saturated rings. The molecule has 0 radical (unpaired) electrons. The average Bonchev–Trinajstić information content (AvgIpc) is 2.67. The topological polar surface area (TPSA) is 46.2 Å². The molecule has 1 spiro atoms. The minimum absolute atomic E-state index is 0.0715. The SMILES string of the molecule is O=S1(=O)CCC2(CCNCC2c2ccc(Cl)cc2)C1. The molecule has 2 heterocycles. The highest BCUT2D eigenvalue weighted by molar-refractivity contribution is 7.91. The summed E-state index contributed by atoms with van der Waals surface area (Å²) in [6, 6.07) is 7.85. The van der Waals surface area contributed by atoms with Gasteiger partial charge in [-0.2, -0.15) is 0 Å². The Morgan fingerprint density at radius 1 is 1.21 bits per heavy atom. The lowest BCUT2D eigenvalue weighted by Gasteiger charge is -2.41. The maximum absolute atomic E-state index is 11.9. The zero-order chi connectivity index (χ0) is 13.5. The quantitative estimate of drug-likeness (QED) is 0.865. The summed E-state index contributed by atoms with van der Waals surface area (Å²) in [4.78, 5) is 0. The molecule has 2 aliphatic heterocycles. The second-order valence-corrected chi connectivity index (χ2v) is 8.38. The van der Waals surface area contributed by atoms with E-state index in [1.165, 1.54) is 5.56 Å². The Labute approximate surface area is 119 Å². The van der Waals surface area contributed by atoms with Crippen LogP contribution in [0.5, 0.6) is 0 Å². The molecule has 104 valence electrons. The summed E-state index contributed by atoms with van der Waals surface area (Å²) in [5.41, 5.74) is 1.13. The molecule has 1 aromatic rings. The summed E-state index contributed by atoms with van der Waals surface area (Å²) in [6.07, 6.45) is 1.74. The number of rotatable bonds is 1. The van der Waals surface area contributed by atoms with E-state index in [4.69, 9.17) is 11.6 Å². The Balaban J connectivity index is 1.96. The van der Waals surface area contributed by atoms with E-state index in [1.807, 2.05) is 24.3 Å². The fraction of sp³-hybridized carbons (Fsp3) is 0.571. The van der Waals surface area contributed by atoms with Crippen molar-refractivity contribution in [1.82, 2.24) is 5.32 Å². The third-order valence-corrected chi connectivity index (χ3v) is 6.67. The third-order valence-electron chi connectivity index (χ3n) is 4.58. The van der Waals surface area contributed by atoms with E-state index in [1.54, 1.807) is 0 Å². The predicted octanol–water partition coefficient (Wildman–Crippen LogP) is 2.22. The van der Waals surface area contributed by atoms with Crippen molar-refractivity contribution < 1.29 is 8.42 Å². The van der Waals surface area contributed by atoms with E-state index in [9.17, 15) is 8.42 Å². The number of hydrogen-bond acceptors (Lipinski definition) is 3. The lowest BCUT2D eigenvalue weighted by atomic mass is 9.68. The molecule has 3 nitrogen and oxygen atoms in total. The van der Waals surface area contributed by atoms with Gasteiger partial charge in [0.2, 0.25) is 0 Å². The number of benzene rings is 1. The molecule has 5 heteroatoms. The van der Waals surface area contributed by atoms with Gasteiger partial charge in [0.15, 0.2) is 9.84 Å². The molecular weight excluding hydrogens is 282 g/mol. The van der Waals surface area contributed by atoms with Crippen LogP contribution in [0.2, 0.25) is 5.02 Å². The van der Waals surface area contributed by atoms with Gasteiger partial charge in [0.25, 0.3) is 0 Å². The molecule has 1 aromatic carbocycles. The molecule has 0 amide bonds. The zero-order valence-electron chi connectivity index (χ0n) is 10.7. The molecule has 0 aromatic heterocycles. The second kappa shape index (κ2) is 4.76. The van der Waals surface area contributed by atoms with Crippen molar-refractivity contribution in [2.24, 2.45) is 5.41 Å². The highest BCUT2D eigenvalue weighted by Gasteiger charge is 2.48. The van der Waals surface area contributed by atoms with E-state index in [0.717, 1.165) is 31.0 Å². The monoisotopic (exact) mass is 299 g/mol. The predicted molar refractivity (Wildman–Crippen MR) is 77.4 cm³/mol. The van der Waals surface area contributed by atoms with Crippen LogP contribution < -0.4 is 5.32 Å². The molecule has 0 aliphatic carbocycles. The van der Waals surface area contributed by atoms with Crippen molar-refractivity contribution in [3.8, 4) is 0 Å². The molecule has 3 rings (SSSR count). The molecule has 0 saturated carbocycles. The normalized spacial score (nSPS) is 33.6. The molecule has 19 heavy (non-hydrogen) atoms. The van der Waals surface area contributed by atoms with Gasteiger partial charge in [0.1, 0.15) is 0 Å². The maximum Gasteiger partial charge on any atom is 0.150 e. The van der Waals surface area contributed by atoms with Gasteiger partial charge in [-0.3, -0.25) is 0 Å². The highest BCUT2D eigenvalue weighted by Crippen LogP contribution is 2.48. The smallest absolute Gasteiger partial charge is 0.150 e. The van der Waals surface area contributed by atoms with Gasteiger partial charge in [-0.1, -0.05) is 23.7 Å². The first kappa shape index (κ1) is 13.4. The minimum atomic E-state index is -2.86. The molecule has 2 saturated heterocycles. The average molecular weight is 300 g/mol. The third kappa shape index (κ3) is 2.54. The van der Waals surface area contributed by atoms with Crippen LogP contribution >= 0.6 is 11.6 Å². The standard InChI is InChI=1S/C14H18ClNO2S/c15-12-3-1-11(2-4-12)13-9-16-7-5-14(13)6-8-19(17,18)10-14/h1-4,13,16H,5-10H2. The first-order valence-electron chi connectivity index (χ1n) is 6.67.